The van der Waals surface area contributed by atoms with Gasteiger partial charge in [-0.2, -0.15) is 0 Å². The van der Waals surface area contributed by atoms with Gasteiger partial charge < -0.3 is 14.6 Å². The van der Waals surface area contributed by atoms with Crippen LogP contribution in [0.1, 0.15) is 17.8 Å². The van der Waals surface area contributed by atoms with Crippen LogP contribution in [0.3, 0.4) is 0 Å². The van der Waals surface area contributed by atoms with Crippen LogP contribution >= 0.6 is 11.3 Å². The zero-order chi connectivity index (χ0) is 14.0. The van der Waals surface area contributed by atoms with E-state index in [4.69, 9.17) is 9.47 Å². The number of aliphatic hydroxyl groups is 1. The zero-order valence-corrected chi connectivity index (χ0v) is 12.4. The Kier molecular flexibility index (Phi) is 4.03. The van der Waals surface area contributed by atoms with Gasteiger partial charge in [-0.25, -0.2) is 4.98 Å². The molecule has 0 spiro atoms. The van der Waals surface area contributed by atoms with Crippen LogP contribution in [-0.4, -0.2) is 42.1 Å². The van der Waals surface area contributed by atoms with Crippen LogP contribution in [0, 0.1) is 0 Å². The summed E-state index contributed by atoms with van der Waals surface area (Å²) in [6.07, 6.45) is 1.45. The van der Waals surface area contributed by atoms with Crippen molar-refractivity contribution in [3.8, 4) is 0 Å². The van der Waals surface area contributed by atoms with E-state index in [1.807, 2.05) is 18.2 Å². The number of ether oxygens (including phenoxy) is 2. The van der Waals surface area contributed by atoms with Crippen molar-refractivity contribution in [1.29, 1.82) is 0 Å². The lowest BCUT2D eigenvalue weighted by molar-refractivity contribution is -0.151. The SMILES string of the molecule is COC1(C(O)Cc2nc3ccccc3s2)CCOCC1. The third kappa shape index (κ3) is 2.59. The molecule has 2 heterocycles. The van der Waals surface area contributed by atoms with Crippen molar-refractivity contribution in [3.63, 3.8) is 0 Å². The summed E-state index contributed by atoms with van der Waals surface area (Å²) in [5.74, 6) is 0. The summed E-state index contributed by atoms with van der Waals surface area (Å²) in [7, 11) is 1.67. The number of methoxy groups -OCH3 is 1. The van der Waals surface area contributed by atoms with E-state index >= 15 is 0 Å². The van der Waals surface area contributed by atoms with Crippen LogP contribution in [0.4, 0.5) is 0 Å². The molecule has 3 rings (SSSR count). The van der Waals surface area contributed by atoms with E-state index in [1.54, 1.807) is 18.4 Å². The predicted octanol–water partition coefficient (Wildman–Crippen LogP) is 2.40. The molecule has 0 saturated carbocycles. The van der Waals surface area contributed by atoms with Gasteiger partial charge in [0.25, 0.3) is 0 Å². The van der Waals surface area contributed by atoms with E-state index in [-0.39, 0.29) is 0 Å². The molecule has 1 aromatic carbocycles. The Morgan fingerprint density at radius 2 is 2.15 bits per heavy atom. The monoisotopic (exact) mass is 293 g/mol. The van der Waals surface area contributed by atoms with Gasteiger partial charge in [0.15, 0.2) is 0 Å². The summed E-state index contributed by atoms with van der Waals surface area (Å²) in [4.78, 5) is 4.58. The number of fused-ring (bicyclic) bond motifs is 1. The lowest BCUT2D eigenvalue weighted by atomic mass is 9.86. The normalized spacial score (nSPS) is 20.1. The van der Waals surface area contributed by atoms with Gasteiger partial charge in [-0.3, -0.25) is 0 Å². The van der Waals surface area contributed by atoms with Crippen LogP contribution in [0.15, 0.2) is 24.3 Å². The molecule has 108 valence electrons. The number of thiazole rings is 1. The Morgan fingerprint density at radius 3 is 2.85 bits per heavy atom. The molecular formula is C15H19NO3S. The third-order valence-corrected chi connectivity index (χ3v) is 5.12. The van der Waals surface area contributed by atoms with Crippen LogP contribution in [0.25, 0.3) is 10.2 Å². The molecular weight excluding hydrogens is 274 g/mol. The van der Waals surface area contributed by atoms with Gasteiger partial charge in [0.05, 0.1) is 26.9 Å². The first kappa shape index (κ1) is 13.9. The maximum Gasteiger partial charge on any atom is 0.0984 e. The van der Waals surface area contributed by atoms with E-state index in [9.17, 15) is 5.11 Å². The molecule has 1 aliphatic heterocycles. The maximum atomic E-state index is 10.6. The van der Waals surface area contributed by atoms with Gasteiger partial charge in [0.2, 0.25) is 0 Å². The van der Waals surface area contributed by atoms with E-state index < -0.39 is 11.7 Å². The fourth-order valence-electron chi connectivity index (χ4n) is 2.75. The number of nitrogens with zero attached hydrogens (tertiary/aromatic N) is 1. The minimum Gasteiger partial charge on any atom is -0.390 e. The lowest BCUT2D eigenvalue weighted by Gasteiger charge is -2.39. The molecule has 1 saturated heterocycles. The highest BCUT2D eigenvalue weighted by Crippen LogP contribution is 2.31. The highest BCUT2D eigenvalue weighted by atomic mass is 32.1. The second kappa shape index (κ2) is 5.77. The number of hydrogen-bond acceptors (Lipinski definition) is 5. The summed E-state index contributed by atoms with van der Waals surface area (Å²) in [5, 5.41) is 11.5. The molecule has 1 N–H and O–H groups in total. The van der Waals surface area contributed by atoms with Crippen molar-refractivity contribution < 1.29 is 14.6 Å². The average molecular weight is 293 g/mol. The van der Waals surface area contributed by atoms with E-state index in [1.165, 1.54) is 0 Å². The number of aliphatic hydroxyl groups excluding tert-OH is 1. The molecule has 0 radical (unpaired) electrons. The second-order valence-corrected chi connectivity index (χ2v) is 6.29. The first-order valence-electron chi connectivity index (χ1n) is 6.89. The quantitative estimate of drug-likeness (QED) is 0.940. The van der Waals surface area contributed by atoms with Crippen molar-refractivity contribution in [2.24, 2.45) is 0 Å². The van der Waals surface area contributed by atoms with E-state index in [0.29, 0.717) is 19.6 Å². The molecule has 20 heavy (non-hydrogen) atoms. The molecule has 0 aliphatic carbocycles. The van der Waals surface area contributed by atoms with Gasteiger partial charge >= 0.3 is 0 Å². The summed E-state index contributed by atoms with van der Waals surface area (Å²) in [6, 6.07) is 8.05. The third-order valence-electron chi connectivity index (χ3n) is 4.06. The molecule has 2 aromatic rings. The number of rotatable bonds is 4. The highest BCUT2D eigenvalue weighted by Gasteiger charge is 2.40. The van der Waals surface area contributed by atoms with Gasteiger partial charge in [0.1, 0.15) is 0 Å². The molecule has 1 fully saturated rings. The van der Waals surface area contributed by atoms with Crippen molar-refractivity contribution in [3.05, 3.63) is 29.3 Å². The van der Waals surface area contributed by atoms with Crippen LogP contribution in [-0.2, 0) is 15.9 Å². The largest absolute Gasteiger partial charge is 0.390 e. The minimum absolute atomic E-state index is 0.490. The maximum absolute atomic E-state index is 10.6. The summed E-state index contributed by atoms with van der Waals surface area (Å²) < 4.78 is 12.2. The number of para-hydroxylation sites is 1. The first-order valence-corrected chi connectivity index (χ1v) is 7.70. The first-order chi connectivity index (χ1) is 9.73. The van der Waals surface area contributed by atoms with Gasteiger partial charge in [0, 0.05) is 39.6 Å². The molecule has 1 aromatic heterocycles. The smallest absolute Gasteiger partial charge is 0.0984 e. The summed E-state index contributed by atoms with van der Waals surface area (Å²) in [5.41, 5.74) is 0.508. The topological polar surface area (TPSA) is 51.6 Å². The van der Waals surface area contributed by atoms with Crippen molar-refractivity contribution in [1.82, 2.24) is 4.98 Å². The zero-order valence-electron chi connectivity index (χ0n) is 11.5. The van der Waals surface area contributed by atoms with Crippen molar-refractivity contribution in [2.75, 3.05) is 20.3 Å². The molecule has 5 heteroatoms. The van der Waals surface area contributed by atoms with Crippen LogP contribution < -0.4 is 0 Å². The number of benzene rings is 1. The minimum atomic E-state index is -0.544. The molecule has 1 unspecified atom stereocenters. The Labute approximate surface area is 122 Å². The molecule has 0 amide bonds. The standard InChI is InChI=1S/C15H19NO3S/c1-18-15(6-8-19-9-7-15)13(17)10-14-16-11-4-2-3-5-12(11)20-14/h2-5,13,17H,6-10H2,1H3. The van der Waals surface area contributed by atoms with Crippen molar-refractivity contribution in [2.45, 2.75) is 31.0 Å². The number of hydrogen-bond donors (Lipinski definition) is 1. The lowest BCUT2D eigenvalue weighted by Crippen LogP contribution is -2.49. The van der Waals surface area contributed by atoms with E-state index in [0.717, 1.165) is 28.1 Å². The fraction of sp³-hybridized carbons (Fsp3) is 0.533. The second-order valence-electron chi connectivity index (χ2n) is 5.18. The van der Waals surface area contributed by atoms with Crippen LogP contribution in [0.5, 0.6) is 0 Å². The Hall–Kier alpha value is -1.01. The Bertz CT molecular complexity index is 544. The molecule has 4 nitrogen and oxygen atoms in total. The molecule has 0 bridgehead atoms. The van der Waals surface area contributed by atoms with Gasteiger partial charge in [-0.05, 0) is 12.1 Å². The summed E-state index contributed by atoms with van der Waals surface area (Å²) in [6.45, 7) is 1.29. The fourth-order valence-corrected chi connectivity index (χ4v) is 3.75. The number of aromatic nitrogens is 1. The summed E-state index contributed by atoms with van der Waals surface area (Å²) >= 11 is 1.64. The molecule has 1 aliphatic rings. The van der Waals surface area contributed by atoms with Gasteiger partial charge in [-0.1, -0.05) is 12.1 Å². The van der Waals surface area contributed by atoms with Gasteiger partial charge in [-0.15, -0.1) is 11.3 Å². The van der Waals surface area contributed by atoms with Crippen LogP contribution in [0.2, 0.25) is 0 Å². The van der Waals surface area contributed by atoms with E-state index in [2.05, 4.69) is 11.1 Å². The Balaban J connectivity index is 1.78. The van der Waals surface area contributed by atoms with Crippen molar-refractivity contribution >= 4 is 21.6 Å². The average Bonchev–Trinajstić information content (AvgIpc) is 2.90. The highest BCUT2D eigenvalue weighted by molar-refractivity contribution is 7.18. The molecule has 1 atom stereocenters. The Morgan fingerprint density at radius 1 is 1.40 bits per heavy atom. The predicted molar refractivity (Wildman–Crippen MR) is 79.1 cm³/mol.